The van der Waals surface area contributed by atoms with E-state index in [2.05, 4.69) is 10.6 Å². The maximum Gasteiger partial charge on any atom is 0.407 e. The lowest BCUT2D eigenvalue weighted by Gasteiger charge is -2.33. The van der Waals surface area contributed by atoms with E-state index in [0.717, 1.165) is 38.7 Å². The van der Waals surface area contributed by atoms with Crippen molar-refractivity contribution < 1.29 is 19.1 Å². The average molecular weight is 342 g/mol. The van der Waals surface area contributed by atoms with E-state index in [1.165, 1.54) is 0 Å². The quantitative estimate of drug-likeness (QED) is 0.710. The minimum absolute atomic E-state index is 0.0141. The van der Waals surface area contributed by atoms with Gasteiger partial charge in [0.1, 0.15) is 5.60 Å². The van der Waals surface area contributed by atoms with Crippen LogP contribution in [0.15, 0.2) is 0 Å². The molecule has 6 nitrogen and oxygen atoms in total. The molecule has 0 aliphatic carbocycles. The van der Waals surface area contributed by atoms with Crippen molar-refractivity contribution in [1.82, 2.24) is 10.6 Å². The van der Waals surface area contributed by atoms with Gasteiger partial charge in [0.15, 0.2) is 0 Å². The maximum absolute atomic E-state index is 12.3. The van der Waals surface area contributed by atoms with Crippen LogP contribution in [0.3, 0.4) is 0 Å². The van der Waals surface area contributed by atoms with Gasteiger partial charge in [0.2, 0.25) is 5.91 Å². The number of hydrogen-bond donors (Lipinski definition) is 2. The van der Waals surface area contributed by atoms with E-state index in [1.807, 2.05) is 34.6 Å². The lowest BCUT2D eigenvalue weighted by molar-refractivity contribution is -0.123. The van der Waals surface area contributed by atoms with Crippen molar-refractivity contribution in [1.29, 1.82) is 0 Å². The summed E-state index contributed by atoms with van der Waals surface area (Å²) in [7, 11) is 0. The van der Waals surface area contributed by atoms with Crippen molar-refractivity contribution >= 4 is 12.0 Å². The molecule has 1 heterocycles. The number of carbonyl (C=O) groups excluding carboxylic acids is 2. The first kappa shape index (κ1) is 20.7. The number of ether oxygens (including phenoxy) is 2. The Morgan fingerprint density at radius 3 is 2.38 bits per heavy atom. The second-order valence-corrected chi connectivity index (χ2v) is 7.56. The third-order valence-corrected chi connectivity index (χ3v) is 4.45. The highest BCUT2D eigenvalue weighted by atomic mass is 16.6. The van der Waals surface area contributed by atoms with Crippen LogP contribution in [0.2, 0.25) is 0 Å². The molecule has 1 aliphatic heterocycles. The summed E-state index contributed by atoms with van der Waals surface area (Å²) < 4.78 is 10.8. The smallest absolute Gasteiger partial charge is 0.407 e. The molecule has 0 bridgehead atoms. The molecule has 6 heteroatoms. The van der Waals surface area contributed by atoms with Crippen LogP contribution in [0.4, 0.5) is 4.79 Å². The van der Waals surface area contributed by atoms with Gasteiger partial charge in [-0.15, -0.1) is 0 Å². The van der Waals surface area contributed by atoms with Gasteiger partial charge in [-0.3, -0.25) is 4.79 Å². The van der Waals surface area contributed by atoms with Crippen LogP contribution in [0.1, 0.15) is 73.1 Å². The normalized spacial score (nSPS) is 18.3. The van der Waals surface area contributed by atoms with Crippen molar-refractivity contribution in [3.05, 3.63) is 0 Å². The highest BCUT2D eigenvalue weighted by molar-refractivity contribution is 5.77. The molecule has 1 fully saturated rings. The molecule has 1 aliphatic rings. The molecule has 1 rings (SSSR count). The van der Waals surface area contributed by atoms with E-state index in [4.69, 9.17) is 9.47 Å². The minimum atomic E-state index is -0.532. The molecule has 0 spiro atoms. The van der Waals surface area contributed by atoms with Crippen LogP contribution in [0, 0.1) is 0 Å². The third kappa shape index (κ3) is 7.51. The summed E-state index contributed by atoms with van der Waals surface area (Å²) in [6, 6.07) is 0. The van der Waals surface area contributed by atoms with Gasteiger partial charge in [0.05, 0.1) is 11.6 Å². The summed E-state index contributed by atoms with van der Waals surface area (Å²) in [5.41, 5.74) is -0.972. The Balaban J connectivity index is 2.47. The van der Waals surface area contributed by atoms with E-state index in [0.29, 0.717) is 13.0 Å². The summed E-state index contributed by atoms with van der Waals surface area (Å²) in [6.07, 6.45) is 4.58. The van der Waals surface area contributed by atoms with Crippen LogP contribution in [0.5, 0.6) is 0 Å². The third-order valence-electron chi connectivity index (χ3n) is 4.45. The lowest BCUT2D eigenvalue weighted by atomic mass is 9.92. The first-order valence-electron chi connectivity index (χ1n) is 9.09. The molecule has 0 saturated carbocycles. The molecule has 1 saturated heterocycles. The lowest BCUT2D eigenvalue weighted by Crippen LogP contribution is -2.55. The van der Waals surface area contributed by atoms with Gasteiger partial charge in [0, 0.05) is 19.6 Å². The van der Waals surface area contributed by atoms with Crippen LogP contribution in [-0.2, 0) is 14.3 Å². The summed E-state index contributed by atoms with van der Waals surface area (Å²) >= 11 is 0. The van der Waals surface area contributed by atoms with Gasteiger partial charge in [-0.1, -0.05) is 13.8 Å². The molecule has 0 aromatic rings. The molecule has 0 radical (unpaired) electrons. The van der Waals surface area contributed by atoms with Crippen LogP contribution in [0.25, 0.3) is 0 Å². The number of amides is 2. The topological polar surface area (TPSA) is 76.7 Å². The Morgan fingerprint density at radius 1 is 1.21 bits per heavy atom. The monoisotopic (exact) mass is 342 g/mol. The van der Waals surface area contributed by atoms with Crippen LogP contribution >= 0.6 is 0 Å². The Morgan fingerprint density at radius 2 is 1.88 bits per heavy atom. The van der Waals surface area contributed by atoms with Crippen molar-refractivity contribution in [3.63, 3.8) is 0 Å². The molecule has 0 aromatic carbocycles. The highest BCUT2D eigenvalue weighted by Gasteiger charge is 2.30. The van der Waals surface area contributed by atoms with Gasteiger partial charge < -0.3 is 20.1 Å². The number of alkyl carbamates (subject to hydrolysis) is 1. The second-order valence-electron chi connectivity index (χ2n) is 7.56. The minimum Gasteiger partial charge on any atom is -0.444 e. The second kappa shape index (κ2) is 9.25. The van der Waals surface area contributed by atoms with E-state index >= 15 is 0 Å². The standard InChI is InChI=1S/C18H34N2O4/c1-6-18(7-2,13-19-16(22)24-17(3,4)5)20-15(21)11-10-14-9-8-12-23-14/h14H,6-13H2,1-5H3,(H,19,22)(H,20,21). The Kier molecular flexibility index (Phi) is 8.00. The fraction of sp³-hybridized carbons (Fsp3) is 0.889. The summed E-state index contributed by atoms with van der Waals surface area (Å²) in [5, 5.41) is 5.89. The zero-order valence-corrected chi connectivity index (χ0v) is 15.9. The highest BCUT2D eigenvalue weighted by Crippen LogP contribution is 2.19. The van der Waals surface area contributed by atoms with Crippen molar-refractivity contribution in [2.75, 3.05) is 13.2 Å². The zero-order chi connectivity index (χ0) is 18.2. The van der Waals surface area contributed by atoms with E-state index in [1.54, 1.807) is 0 Å². The largest absolute Gasteiger partial charge is 0.444 e. The predicted octanol–water partition coefficient (Wildman–Crippen LogP) is 3.15. The number of hydrogen-bond acceptors (Lipinski definition) is 4. The van der Waals surface area contributed by atoms with E-state index < -0.39 is 17.2 Å². The number of carbonyl (C=O) groups is 2. The Hall–Kier alpha value is -1.30. The van der Waals surface area contributed by atoms with Crippen molar-refractivity contribution in [2.24, 2.45) is 0 Å². The molecule has 1 atom stereocenters. The van der Waals surface area contributed by atoms with Gasteiger partial charge in [-0.25, -0.2) is 4.79 Å². The average Bonchev–Trinajstić information content (AvgIpc) is 3.01. The molecule has 2 N–H and O–H groups in total. The summed E-state index contributed by atoms with van der Waals surface area (Å²) in [6.45, 7) is 10.7. The van der Waals surface area contributed by atoms with Gasteiger partial charge in [-0.2, -0.15) is 0 Å². The molecular formula is C18H34N2O4. The fourth-order valence-electron chi connectivity index (χ4n) is 2.80. The van der Waals surface area contributed by atoms with Gasteiger partial charge in [0.25, 0.3) is 0 Å². The van der Waals surface area contributed by atoms with Crippen molar-refractivity contribution in [3.8, 4) is 0 Å². The van der Waals surface area contributed by atoms with E-state index in [-0.39, 0.29) is 12.0 Å². The molecular weight excluding hydrogens is 308 g/mol. The van der Waals surface area contributed by atoms with E-state index in [9.17, 15) is 9.59 Å². The number of nitrogens with one attached hydrogen (secondary N) is 2. The molecule has 24 heavy (non-hydrogen) atoms. The SMILES string of the molecule is CCC(CC)(CNC(=O)OC(C)(C)C)NC(=O)CCC1CCCO1. The summed E-state index contributed by atoms with van der Waals surface area (Å²) in [5.74, 6) is 0.0141. The molecule has 1 unspecified atom stereocenters. The first-order chi connectivity index (χ1) is 11.2. The molecule has 2 amide bonds. The van der Waals surface area contributed by atoms with Gasteiger partial charge in [-0.05, 0) is 52.9 Å². The number of rotatable bonds is 8. The maximum atomic E-state index is 12.3. The summed E-state index contributed by atoms with van der Waals surface area (Å²) in [4.78, 5) is 24.2. The molecule has 0 aromatic heterocycles. The Labute approximate surface area is 146 Å². The predicted molar refractivity (Wildman–Crippen MR) is 93.9 cm³/mol. The van der Waals surface area contributed by atoms with Crippen LogP contribution in [-0.4, -0.2) is 42.4 Å². The zero-order valence-electron chi connectivity index (χ0n) is 15.9. The molecule has 140 valence electrons. The van der Waals surface area contributed by atoms with Gasteiger partial charge >= 0.3 is 6.09 Å². The first-order valence-corrected chi connectivity index (χ1v) is 9.09. The van der Waals surface area contributed by atoms with Crippen LogP contribution < -0.4 is 10.6 Å². The Bertz CT molecular complexity index is 408. The van der Waals surface area contributed by atoms with Crippen molar-refractivity contribution in [2.45, 2.75) is 90.4 Å². The fourth-order valence-corrected chi connectivity index (χ4v) is 2.80.